The van der Waals surface area contributed by atoms with Gasteiger partial charge in [-0.1, -0.05) is 41.4 Å². The quantitative estimate of drug-likeness (QED) is 0.389. The molecule has 1 heterocycles. The topological polar surface area (TPSA) is 108 Å². The molecule has 0 aliphatic heterocycles. The number of aryl methyl sites for hydroxylation is 1. The summed E-state index contributed by atoms with van der Waals surface area (Å²) in [4.78, 5) is 8.68. The van der Waals surface area contributed by atoms with Gasteiger partial charge in [-0.15, -0.1) is 0 Å². The first-order valence-corrected chi connectivity index (χ1v) is 12.0. The molecule has 0 saturated carbocycles. The van der Waals surface area contributed by atoms with E-state index < -0.39 is 10.2 Å². The summed E-state index contributed by atoms with van der Waals surface area (Å²) in [5.74, 6) is 1.25. The number of rotatable bonds is 9. The summed E-state index contributed by atoms with van der Waals surface area (Å²) in [5, 5.41) is 7.02. The fraction of sp³-hybridized carbons (Fsp3) is 0.238. The van der Waals surface area contributed by atoms with Crippen molar-refractivity contribution >= 4 is 56.6 Å². The van der Waals surface area contributed by atoms with Crippen LogP contribution in [0.5, 0.6) is 5.75 Å². The minimum Gasteiger partial charge on any atom is -0.495 e. The van der Waals surface area contributed by atoms with Crippen molar-refractivity contribution in [1.82, 2.24) is 19.0 Å². The third-order valence-corrected chi connectivity index (χ3v) is 6.66. The van der Waals surface area contributed by atoms with E-state index in [-0.39, 0.29) is 6.54 Å². The fourth-order valence-corrected chi connectivity index (χ4v) is 4.01. The van der Waals surface area contributed by atoms with E-state index >= 15 is 0 Å². The van der Waals surface area contributed by atoms with Crippen molar-refractivity contribution in [3.8, 4) is 5.75 Å². The van der Waals surface area contributed by atoms with Crippen LogP contribution < -0.4 is 20.1 Å². The van der Waals surface area contributed by atoms with Gasteiger partial charge in [0, 0.05) is 32.0 Å². The third kappa shape index (κ3) is 6.24. The molecule has 33 heavy (non-hydrogen) atoms. The molecule has 3 N–H and O–H groups in total. The molecule has 0 saturated heterocycles. The van der Waals surface area contributed by atoms with Gasteiger partial charge in [0.2, 0.25) is 5.95 Å². The van der Waals surface area contributed by atoms with E-state index in [1.54, 1.807) is 25.3 Å². The Hall–Kier alpha value is -2.63. The van der Waals surface area contributed by atoms with E-state index in [2.05, 4.69) is 25.3 Å². The standard InChI is InChI=1S/C21H24Cl2N6O3S/c1-13-9-15(10-16(22)19(13)32-4)26-21-24-12-17(23)20(28-21)27-18-8-6-5-7-14(18)11-25-33(30,31)29(2)3/h5-10,12,25H,11H2,1-4H3,(H2,24,26,27,28). The van der Waals surface area contributed by atoms with Gasteiger partial charge in [-0.2, -0.15) is 22.4 Å². The molecule has 1 aromatic heterocycles. The molecule has 0 radical (unpaired) electrons. The normalized spacial score (nSPS) is 11.5. The molecule has 3 rings (SSSR count). The lowest BCUT2D eigenvalue weighted by Gasteiger charge is -2.16. The molecule has 3 aromatic rings. The Morgan fingerprint density at radius 3 is 2.48 bits per heavy atom. The molecule has 0 spiro atoms. The zero-order valence-electron chi connectivity index (χ0n) is 18.5. The van der Waals surface area contributed by atoms with Crippen LogP contribution in [0.2, 0.25) is 10.0 Å². The summed E-state index contributed by atoms with van der Waals surface area (Å²) in [6, 6.07) is 10.8. The van der Waals surface area contributed by atoms with E-state index in [0.29, 0.717) is 44.5 Å². The molecule has 0 unspecified atom stereocenters. The third-order valence-electron chi connectivity index (χ3n) is 4.63. The number of halogens is 2. The molecule has 0 atom stereocenters. The number of methoxy groups -OCH3 is 1. The summed E-state index contributed by atoms with van der Waals surface area (Å²) >= 11 is 12.6. The first-order chi connectivity index (χ1) is 15.6. The van der Waals surface area contributed by atoms with Gasteiger partial charge in [0.05, 0.1) is 18.3 Å². The van der Waals surface area contributed by atoms with Crippen molar-refractivity contribution < 1.29 is 13.2 Å². The number of nitrogens with zero attached hydrogens (tertiary/aromatic N) is 3. The Morgan fingerprint density at radius 1 is 1.09 bits per heavy atom. The lowest BCUT2D eigenvalue weighted by atomic mass is 10.2. The van der Waals surface area contributed by atoms with Crippen LogP contribution in [0, 0.1) is 6.92 Å². The Kier molecular flexibility index (Phi) is 7.98. The van der Waals surface area contributed by atoms with Gasteiger partial charge in [-0.3, -0.25) is 0 Å². The highest BCUT2D eigenvalue weighted by Crippen LogP contribution is 2.33. The minimum absolute atomic E-state index is 0.0844. The maximum atomic E-state index is 12.1. The SMILES string of the molecule is COc1c(C)cc(Nc2ncc(Cl)c(Nc3ccccc3CNS(=O)(=O)N(C)C)n2)cc1Cl. The van der Waals surface area contributed by atoms with Gasteiger partial charge < -0.3 is 15.4 Å². The minimum atomic E-state index is -3.57. The van der Waals surface area contributed by atoms with Crippen LogP contribution in [0.3, 0.4) is 0 Å². The zero-order valence-corrected chi connectivity index (χ0v) is 20.8. The monoisotopic (exact) mass is 510 g/mol. The Bertz CT molecular complexity index is 1230. The Balaban J connectivity index is 1.83. The van der Waals surface area contributed by atoms with E-state index in [1.165, 1.54) is 20.3 Å². The van der Waals surface area contributed by atoms with Crippen LogP contribution in [-0.2, 0) is 16.8 Å². The van der Waals surface area contributed by atoms with E-state index in [4.69, 9.17) is 27.9 Å². The van der Waals surface area contributed by atoms with Crippen molar-refractivity contribution in [2.24, 2.45) is 0 Å². The van der Waals surface area contributed by atoms with Crippen LogP contribution in [0.25, 0.3) is 0 Å². The highest BCUT2D eigenvalue weighted by atomic mass is 35.5. The second kappa shape index (κ2) is 10.5. The summed E-state index contributed by atoms with van der Waals surface area (Å²) in [6.07, 6.45) is 1.47. The molecule has 2 aromatic carbocycles. The average molecular weight is 511 g/mol. The van der Waals surface area contributed by atoms with Gasteiger partial charge in [-0.25, -0.2) is 4.98 Å². The van der Waals surface area contributed by atoms with Crippen molar-refractivity contribution in [3.05, 3.63) is 63.8 Å². The number of anilines is 4. The number of nitrogens with one attached hydrogen (secondary N) is 3. The highest BCUT2D eigenvalue weighted by Gasteiger charge is 2.15. The smallest absolute Gasteiger partial charge is 0.279 e. The van der Waals surface area contributed by atoms with Gasteiger partial charge in [0.1, 0.15) is 10.8 Å². The number of ether oxygens (including phenoxy) is 1. The average Bonchev–Trinajstić information content (AvgIpc) is 2.75. The van der Waals surface area contributed by atoms with Gasteiger partial charge in [0.25, 0.3) is 10.2 Å². The predicted octanol–water partition coefficient (Wildman–Crippen LogP) is 4.48. The van der Waals surface area contributed by atoms with Crippen LogP contribution >= 0.6 is 23.2 Å². The van der Waals surface area contributed by atoms with Crippen LogP contribution in [0.1, 0.15) is 11.1 Å². The number of hydrogen-bond donors (Lipinski definition) is 3. The van der Waals surface area contributed by atoms with E-state index in [9.17, 15) is 8.42 Å². The van der Waals surface area contributed by atoms with Crippen LogP contribution in [0.4, 0.5) is 23.1 Å². The van der Waals surface area contributed by atoms with Crippen molar-refractivity contribution in [2.75, 3.05) is 31.8 Å². The van der Waals surface area contributed by atoms with Crippen molar-refractivity contribution in [3.63, 3.8) is 0 Å². The molecular weight excluding hydrogens is 487 g/mol. The summed E-state index contributed by atoms with van der Waals surface area (Å²) in [5.41, 5.74) is 2.90. The largest absolute Gasteiger partial charge is 0.495 e. The zero-order chi connectivity index (χ0) is 24.2. The molecule has 176 valence electrons. The molecule has 0 aliphatic rings. The summed E-state index contributed by atoms with van der Waals surface area (Å²) in [6.45, 7) is 1.97. The number of para-hydroxylation sites is 1. The van der Waals surface area contributed by atoms with E-state index in [1.807, 2.05) is 25.1 Å². The first kappa shape index (κ1) is 25.0. The van der Waals surface area contributed by atoms with Crippen molar-refractivity contribution in [1.29, 1.82) is 0 Å². The molecule has 0 bridgehead atoms. The van der Waals surface area contributed by atoms with E-state index in [0.717, 1.165) is 9.87 Å². The Labute approximate surface area is 203 Å². The van der Waals surface area contributed by atoms with Gasteiger partial charge in [0.15, 0.2) is 5.82 Å². The lowest BCUT2D eigenvalue weighted by molar-refractivity contribution is 0.412. The van der Waals surface area contributed by atoms with Crippen molar-refractivity contribution in [2.45, 2.75) is 13.5 Å². The van der Waals surface area contributed by atoms with Gasteiger partial charge >= 0.3 is 0 Å². The molecule has 0 aliphatic carbocycles. The number of benzene rings is 2. The number of hydrogen-bond acceptors (Lipinski definition) is 7. The number of aromatic nitrogens is 2. The molecule has 12 heteroatoms. The second-order valence-electron chi connectivity index (χ2n) is 7.21. The fourth-order valence-electron chi connectivity index (χ4n) is 2.93. The molecule has 0 amide bonds. The summed E-state index contributed by atoms with van der Waals surface area (Å²) < 4.78 is 33.0. The maximum absolute atomic E-state index is 12.1. The van der Waals surface area contributed by atoms with Crippen LogP contribution in [-0.4, -0.2) is 43.9 Å². The summed E-state index contributed by atoms with van der Waals surface area (Å²) in [7, 11) is 0.902. The molecule has 0 fully saturated rings. The lowest BCUT2D eigenvalue weighted by Crippen LogP contribution is -2.35. The second-order valence-corrected chi connectivity index (χ2v) is 10.00. The predicted molar refractivity (Wildman–Crippen MR) is 132 cm³/mol. The Morgan fingerprint density at radius 2 is 1.82 bits per heavy atom. The van der Waals surface area contributed by atoms with Crippen LogP contribution in [0.15, 0.2) is 42.6 Å². The van der Waals surface area contributed by atoms with Gasteiger partial charge in [-0.05, 0) is 36.2 Å². The molecule has 9 nitrogen and oxygen atoms in total. The maximum Gasteiger partial charge on any atom is 0.279 e. The first-order valence-electron chi connectivity index (χ1n) is 9.76. The molecular formula is C21H24Cl2N6O3S. The highest BCUT2D eigenvalue weighted by molar-refractivity contribution is 7.87.